The summed E-state index contributed by atoms with van der Waals surface area (Å²) >= 11 is 0. The number of fused-ring (bicyclic) bond motifs is 5. The van der Waals surface area contributed by atoms with Gasteiger partial charge in [0.15, 0.2) is 0 Å². The van der Waals surface area contributed by atoms with E-state index in [4.69, 9.17) is 0 Å². The van der Waals surface area contributed by atoms with Crippen LogP contribution in [0.5, 0.6) is 0 Å². The molecule has 0 heterocycles. The Morgan fingerprint density at radius 2 is 1.76 bits per heavy atom. The second kappa shape index (κ2) is 10.3. The van der Waals surface area contributed by atoms with Crippen molar-refractivity contribution in [1.82, 2.24) is 0 Å². The predicted molar refractivity (Wildman–Crippen MR) is 118 cm³/mol. The van der Waals surface area contributed by atoms with Crippen LogP contribution in [-0.4, -0.2) is 53.2 Å². The molecule has 4 aliphatic rings. The minimum atomic E-state index is -4.65. The van der Waals surface area contributed by atoms with Gasteiger partial charge in [-0.05, 0) is 104 Å². The number of aliphatic hydroxyl groups excluding tert-OH is 3. The molecule has 3 N–H and O–H groups in total. The summed E-state index contributed by atoms with van der Waals surface area (Å²) in [6.45, 7) is 6.60. The molecule has 11 atom stereocenters. The first kappa shape index (κ1) is 28.3. The van der Waals surface area contributed by atoms with Crippen LogP contribution >= 0.6 is 0 Å². The van der Waals surface area contributed by atoms with E-state index in [2.05, 4.69) is 25.0 Å². The molecule has 0 aromatic carbocycles. The molecular formula is C24H41NaO7S. The minimum Gasteiger partial charge on any atom is -0.726 e. The van der Waals surface area contributed by atoms with Crippen molar-refractivity contribution < 1.29 is 62.0 Å². The molecular weight excluding hydrogens is 455 g/mol. The summed E-state index contributed by atoms with van der Waals surface area (Å²) in [5.74, 6) is 1.60. The van der Waals surface area contributed by atoms with Crippen LogP contribution in [-0.2, 0) is 14.6 Å². The summed E-state index contributed by atoms with van der Waals surface area (Å²) in [5.41, 5.74) is -0.208. The Morgan fingerprint density at radius 1 is 1.06 bits per heavy atom. The van der Waals surface area contributed by atoms with Gasteiger partial charge in [-0.1, -0.05) is 20.8 Å². The van der Waals surface area contributed by atoms with Crippen LogP contribution in [0.4, 0.5) is 0 Å². The molecule has 0 radical (unpaired) electrons. The molecule has 0 bridgehead atoms. The van der Waals surface area contributed by atoms with Gasteiger partial charge >= 0.3 is 29.6 Å². The fraction of sp³-hybridized carbons (Fsp3) is 1.00. The Labute approximate surface area is 221 Å². The maximum absolute atomic E-state index is 11.5. The van der Waals surface area contributed by atoms with Crippen LogP contribution in [0.3, 0.4) is 0 Å². The van der Waals surface area contributed by atoms with E-state index in [1.54, 1.807) is 0 Å². The third kappa shape index (κ3) is 5.12. The normalized spacial score (nSPS) is 48.2. The van der Waals surface area contributed by atoms with E-state index in [1.165, 1.54) is 0 Å². The first-order valence-corrected chi connectivity index (χ1v) is 13.9. The Balaban J connectivity index is 0.00000306. The quantitative estimate of drug-likeness (QED) is 0.202. The summed E-state index contributed by atoms with van der Waals surface area (Å²) < 4.78 is 36.4. The van der Waals surface area contributed by atoms with Gasteiger partial charge in [-0.2, -0.15) is 0 Å². The van der Waals surface area contributed by atoms with Gasteiger partial charge in [0.25, 0.3) is 0 Å². The van der Waals surface area contributed by atoms with Crippen molar-refractivity contribution in [3.8, 4) is 0 Å². The van der Waals surface area contributed by atoms with Gasteiger partial charge in [0.05, 0.1) is 24.9 Å². The van der Waals surface area contributed by atoms with Gasteiger partial charge in [0.1, 0.15) is 0 Å². The monoisotopic (exact) mass is 496 g/mol. The van der Waals surface area contributed by atoms with E-state index in [9.17, 15) is 28.3 Å². The molecule has 0 aliphatic heterocycles. The molecule has 186 valence electrons. The van der Waals surface area contributed by atoms with E-state index < -0.39 is 16.5 Å². The second-order valence-corrected chi connectivity index (χ2v) is 12.9. The summed E-state index contributed by atoms with van der Waals surface area (Å²) in [6, 6.07) is 0. The molecule has 0 saturated heterocycles. The Kier molecular flexibility index (Phi) is 8.80. The van der Waals surface area contributed by atoms with Gasteiger partial charge in [0.2, 0.25) is 10.4 Å². The molecule has 4 aliphatic carbocycles. The van der Waals surface area contributed by atoms with Crippen LogP contribution < -0.4 is 29.6 Å². The summed E-state index contributed by atoms with van der Waals surface area (Å²) in [5, 5.41) is 33.1. The van der Waals surface area contributed by atoms with E-state index in [0.29, 0.717) is 24.7 Å². The van der Waals surface area contributed by atoms with E-state index >= 15 is 0 Å². The largest absolute Gasteiger partial charge is 1.00 e. The number of aliphatic hydroxyl groups is 3. The standard InChI is InChI=1S/C24H42O7S.Na/c1-14(5-4-10-31-32(28,29)30)17-6-7-18-22-19(13-21(27)24(17,18)3)23(2)9-8-16(25)11-15(23)12-20(22)26;/h14-22,25-27H,4-13H2,1-3H3,(H,28,29,30);/q;+1/p-1/t14-,15-,16-,17-,18+,19+,20-,21+,22+,23+,24-;/m1./s1. The number of hydrogen-bond acceptors (Lipinski definition) is 7. The van der Waals surface area contributed by atoms with Crippen LogP contribution in [0.1, 0.15) is 78.6 Å². The molecule has 4 fully saturated rings. The number of rotatable bonds is 6. The van der Waals surface area contributed by atoms with Crippen LogP contribution in [0, 0.1) is 46.3 Å². The zero-order chi connectivity index (χ0) is 23.5. The maximum atomic E-state index is 11.5. The molecule has 0 amide bonds. The van der Waals surface area contributed by atoms with Crippen molar-refractivity contribution in [2.75, 3.05) is 6.61 Å². The second-order valence-electron chi connectivity index (χ2n) is 11.9. The number of hydrogen-bond donors (Lipinski definition) is 3. The van der Waals surface area contributed by atoms with Gasteiger partial charge < -0.3 is 19.9 Å². The van der Waals surface area contributed by atoms with Gasteiger partial charge in [-0.25, -0.2) is 8.42 Å². The smallest absolute Gasteiger partial charge is 0.726 e. The zero-order valence-corrected chi connectivity index (χ0v) is 23.5. The van der Waals surface area contributed by atoms with Crippen molar-refractivity contribution >= 4 is 10.4 Å². The van der Waals surface area contributed by atoms with E-state index in [0.717, 1.165) is 44.9 Å². The molecule has 0 aromatic rings. The first-order valence-electron chi connectivity index (χ1n) is 12.5. The van der Waals surface area contributed by atoms with Gasteiger partial charge in [-0.3, -0.25) is 4.18 Å². The molecule has 0 aromatic heterocycles. The fourth-order valence-electron chi connectivity index (χ4n) is 8.90. The molecule has 9 heteroatoms. The van der Waals surface area contributed by atoms with Crippen molar-refractivity contribution in [3.63, 3.8) is 0 Å². The van der Waals surface area contributed by atoms with Gasteiger partial charge in [-0.15, -0.1) is 0 Å². The fourth-order valence-corrected chi connectivity index (χ4v) is 9.22. The zero-order valence-electron chi connectivity index (χ0n) is 20.7. The summed E-state index contributed by atoms with van der Waals surface area (Å²) in [6.07, 6.45) is 6.12. The molecule has 4 rings (SSSR count). The third-order valence-corrected chi connectivity index (χ3v) is 11.0. The van der Waals surface area contributed by atoms with Crippen LogP contribution in [0.25, 0.3) is 0 Å². The van der Waals surface area contributed by atoms with Crippen LogP contribution in [0.15, 0.2) is 0 Å². The van der Waals surface area contributed by atoms with Crippen LogP contribution in [0.2, 0.25) is 0 Å². The summed E-state index contributed by atoms with van der Waals surface area (Å²) in [4.78, 5) is 0. The molecule has 0 unspecified atom stereocenters. The Bertz CT molecular complexity index is 794. The van der Waals surface area contributed by atoms with Gasteiger partial charge in [0, 0.05) is 0 Å². The topological polar surface area (TPSA) is 127 Å². The average molecular weight is 497 g/mol. The predicted octanol–water partition coefficient (Wildman–Crippen LogP) is -0.155. The van der Waals surface area contributed by atoms with Crippen molar-refractivity contribution in [2.45, 2.75) is 96.9 Å². The maximum Gasteiger partial charge on any atom is 1.00 e. The molecule has 0 spiro atoms. The minimum absolute atomic E-state index is 0. The molecule has 4 saturated carbocycles. The Hall–Kier alpha value is 0.750. The molecule has 33 heavy (non-hydrogen) atoms. The molecule has 7 nitrogen and oxygen atoms in total. The third-order valence-electron chi connectivity index (χ3n) is 10.6. The van der Waals surface area contributed by atoms with Crippen molar-refractivity contribution in [2.24, 2.45) is 46.3 Å². The SMILES string of the molecule is C[C@H](CCCOS(=O)(=O)[O-])[C@H]1CC[C@H]2[C@@H]3[C@H](O)C[C@H]4C[C@H](O)CC[C@]4(C)[C@H]3C[C@H](O)[C@]12C.[Na+]. The van der Waals surface area contributed by atoms with Crippen molar-refractivity contribution in [1.29, 1.82) is 0 Å². The Morgan fingerprint density at radius 3 is 2.42 bits per heavy atom. The first-order chi connectivity index (χ1) is 14.9. The van der Waals surface area contributed by atoms with E-state index in [-0.39, 0.29) is 82.9 Å². The average Bonchev–Trinajstić information content (AvgIpc) is 3.05. The van der Waals surface area contributed by atoms with E-state index in [1.807, 2.05) is 0 Å². The summed E-state index contributed by atoms with van der Waals surface area (Å²) in [7, 11) is -4.65. The van der Waals surface area contributed by atoms with Crippen molar-refractivity contribution in [3.05, 3.63) is 0 Å².